The summed E-state index contributed by atoms with van der Waals surface area (Å²) in [5, 5.41) is 0. The highest BCUT2D eigenvalue weighted by Crippen LogP contribution is 2.17. The molecular weight excluding hydrogens is 274 g/mol. The molecule has 1 saturated heterocycles. The van der Waals surface area contributed by atoms with E-state index in [0.29, 0.717) is 0 Å². The molecule has 17 heavy (non-hydrogen) atoms. The minimum Gasteiger partial charge on any atom is -0.301 e. The van der Waals surface area contributed by atoms with E-state index in [0.717, 1.165) is 6.04 Å². The van der Waals surface area contributed by atoms with Crippen LogP contribution in [-0.2, 0) is 0 Å². The van der Waals surface area contributed by atoms with Crippen molar-refractivity contribution in [2.24, 2.45) is 0 Å². The highest BCUT2D eigenvalue weighted by molar-refractivity contribution is 8.93. The van der Waals surface area contributed by atoms with Gasteiger partial charge in [0.05, 0.1) is 0 Å². The first-order valence-corrected chi connectivity index (χ1v) is 7.58. The van der Waals surface area contributed by atoms with Gasteiger partial charge in [-0.3, -0.25) is 0 Å². The van der Waals surface area contributed by atoms with Gasteiger partial charge in [0.1, 0.15) is 0 Å². The topological polar surface area (TPSA) is 3.24 Å². The molecule has 104 valence electrons. The first-order valence-electron chi connectivity index (χ1n) is 7.58. The van der Waals surface area contributed by atoms with Crippen LogP contribution in [0.2, 0.25) is 0 Å². The summed E-state index contributed by atoms with van der Waals surface area (Å²) >= 11 is 0. The summed E-state index contributed by atoms with van der Waals surface area (Å²) in [5.74, 6) is 0. The van der Waals surface area contributed by atoms with Crippen LogP contribution in [0, 0.1) is 0 Å². The number of hydrogen-bond acceptors (Lipinski definition) is 1. The average molecular weight is 306 g/mol. The van der Waals surface area contributed by atoms with E-state index in [4.69, 9.17) is 0 Å². The van der Waals surface area contributed by atoms with Gasteiger partial charge < -0.3 is 4.90 Å². The molecule has 1 heterocycles. The molecule has 0 aromatic carbocycles. The molecule has 0 radical (unpaired) electrons. The summed E-state index contributed by atoms with van der Waals surface area (Å²) in [6, 6.07) is 0.865. The number of hydrogen-bond donors (Lipinski definition) is 0. The summed E-state index contributed by atoms with van der Waals surface area (Å²) in [6.45, 7) is 7.39. The molecule has 1 nitrogen and oxygen atoms in total. The van der Waals surface area contributed by atoms with Crippen LogP contribution in [0.4, 0.5) is 0 Å². The number of rotatable bonds is 9. The Morgan fingerprint density at radius 2 is 1.53 bits per heavy atom. The monoisotopic (exact) mass is 305 g/mol. The van der Waals surface area contributed by atoms with Crippen molar-refractivity contribution >= 4 is 17.0 Å². The molecule has 0 spiro atoms. The minimum absolute atomic E-state index is 0. The average Bonchev–Trinajstić information content (AvgIpc) is 2.68. The third-order valence-corrected chi connectivity index (χ3v) is 3.99. The van der Waals surface area contributed by atoms with Gasteiger partial charge in [0.25, 0.3) is 0 Å². The second-order valence-electron chi connectivity index (χ2n) is 5.50. The van der Waals surface area contributed by atoms with Gasteiger partial charge in [0, 0.05) is 6.04 Å². The Bertz CT molecular complexity index is 161. The zero-order valence-corrected chi connectivity index (χ0v) is 13.6. The molecule has 0 saturated carbocycles. The smallest absolute Gasteiger partial charge is 0.00674 e. The lowest BCUT2D eigenvalue weighted by Crippen LogP contribution is -2.27. The van der Waals surface area contributed by atoms with Gasteiger partial charge in [-0.05, 0) is 39.3 Å². The standard InChI is InChI=1S/C15H31N.BrH/c1-3-4-5-6-7-8-9-10-13-16-14-11-12-15(16)2;/h15H,3-14H2,1-2H3;1H. The van der Waals surface area contributed by atoms with E-state index in [9.17, 15) is 0 Å². The van der Waals surface area contributed by atoms with Crippen LogP contribution in [0.15, 0.2) is 0 Å². The van der Waals surface area contributed by atoms with Crippen molar-refractivity contribution in [1.82, 2.24) is 4.90 Å². The largest absolute Gasteiger partial charge is 0.301 e. The molecular formula is C15H32BrN. The number of halogens is 1. The highest BCUT2D eigenvalue weighted by Gasteiger charge is 2.18. The van der Waals surface area contributed by atoms with E-state index in [1.807, 2.05) is 0 Å². The summed E-state index contributed by atoms with van der Waals surface area (Å²) in [5.41, 5.74) is 0. The molecule has 0 aliphatic carbocycles. The SMILES string of the molecule is Br.CCCCCCCCCCN1CCCC1C. The summed E-state index contributed by atoms with van der Waals surface area (Å²) in [7, 11) is 0. The lowest BCUT2D eigenvalue weighted by atomic mass is 10.1. The maximum absolute atomic E-state index is 2.68. The Kier molecular flexibility index (Phi) is 11.8. The van der Waals surface area contributed by atoms with Crippen LogP contribution in [0.3, 0.4) is 0 Å². The maximum atomic E-state index is 2.68. The maximum Gasteiger partial charge on any atom is 0.00674 e. The number of nitrogens with zero attached hydrogens (tertiary/aromatic N) is 1. The zero-order chi connectivity index (χ0) is 11.6. The van der Waals surface area contributed by atoms with Gasteiger partial charge >= 0.3 is 0 Å². The van der Waals surface area contributed by atoms with Crippen molar-refractivity contribution < 1.29 is 0 Å². The van der Waals surface area contributed by atoms with Crippen LogP contribution in [0.25, 0.3) is 0 Å². The lowest BCUT2D eigenvalue weighted by Gasteiger charge is -2.20. The molecule has 0 aromatic rings. The van der Waals surface area contributed by atoms with Crippen molar-refractivity contribution in [2.45, 2.75) is 84.1 Å². The molecule has 2 heteroatoms. The molecule has 1 unspecified atom stereocenters. The fraction of sp³-hybridized carbons (Fsp3) is 1.00. The second-order valence-corrected chi connectivity index (χ2v) is 5.50. The van der Waals surface area contributed by atoms with Crippen molar-refractivity contribution in [2.75, 3.05) is 13.1 Å². The third kappa shape index (κ3) is 8.20. The van der Waals surface area contributed by atoms with Crippen LogP contribution in [0.1, 0.15) is 78.1 Å². The summed E-state index contributed by atoms with van der Waals surface area (Å²) < 4.78 is 0. The first kappa shape index (κ1) is 17.4. The van der Waals surface area contributed by atoms with Gasteiger partial charge in [0.2, 0.25) is 0 Å². The summed E-state index contributed by atoms with van der Waals surface area (Å²) in [4.78, 5) is 2.68. The predicted molar refractivity (Wildman–Crippen MR) is 83.2 cm³/mol. The van der Waals surface area contributed by atoms with E-state index in [1.165, 1.54) is 77.3 Å². The molecule has 1 aliphatic heterocycles. The van der Waals surface area contributed by atoms with E-state index >= 15 is 0 Å². The van der Waals surface area contributed by atoms with Crippen LogP contribution < -0.4 is 0 Å². The molecule has 0 N–H and O–H groups in total. The van der Waals surface area contributed by atoms with Gasteiger partial charge in [-0.1, -0.05) is 51.9 Å². The van der Waals surface area contributed by atoms with Crippen molar-refractivity contribution in [3.63, 3.8) is 0 Å². The van der Waals surface area contributed by atoms with Gasteiger partial charge in [-0.2, -0.15) is 0 Å². The normalized spacial score (nSPS) is 20.5. The lowest BCUT2D eigenvalue weighted by molar-refractivity contribution is 0.262. The molecule has 0 aromatic heterocycles. The first-order chi connectivity index (χ1) is 7.84. The van der Waals surface area contributed by atoms with Gasteiger partial charge in [-0.25, -0.2) is 0 Å². The van der Waals surface area contributed by atoms with E-state index < -0.39 is 0 Å². The highest BCUT2D eigenvalue weighted by atomic mass is 79.9. The van der Waals surface area contributed by atoms with Crippen molar-refractivity contribution in [3.05, 3.63) is 0 Å². The quantitative estimate of drug-likeness (QED) is 0.530. The minimum atomic E-state index is 0. The Labute approximate surface area is 119 Å². The van der Waals surface area contributed by atoms with Gasteiger partial charge in [0.15, 0.2) is 0 Å². The number of unbranched alkanes of at least 4 members (excludes halogenated alkanes) is 7. The molecule has 0 bridgehead atoms. The third-order valence-electron chi connectivity index (χ3n) is 3.99. The molecule has 1 atom stereocenters. The molecule has 1 rings (SSSR count). The Hall–Kier alpha value is 0.440. The van der Waals surface area contributed by atoms with E-state index in [1.54, 1.807) is 0 Å². The molecule has 1 aliphatic rings. The van der Waals surface area contributed by atoms with Gasteiger partial charge in [-0.15, -0.1) is 17.0 Å². The summed E-state index contributed by atoms with van der Waals surface area (Å²) in [6.07, 6.45) is 14.4. The fourth-order valence-corrected chi connectivity index (χ4v) is 2.77. The van der Waals surface area contributed by atoms with E-state index in [2.05, 4.69) is 18.7 Å². The predicted octanol–water partition coefficient (Wildman–Crippen LogP) is 5.19. The molecule has 0 amide bonds. The Morgan fingerprint density at radius 3 is 2.06 bits per heavy atom. The van der Waals surface area contributed by atoms with Crippen LogP contribution >= 0.6 is 17.0 Å². The molecule has 1 fully saturated rings. The fourth-order valence-electron chi connectivity index (χ4n) is 2.77. The second kappa shape index (κ2) is 11.5. The van der Waals surface area contributed by atoms with Crippen molar-refractivity contribution in [1.29, 1.82) is 0 Å². The van der Waals surface area contributed by atoms with Crippen LogP contribution in [0.5, 0.6) is 0 Å². The number of likely N-dealkylation sites (tertiary alicyclic amines) is 1. The Balaban J connectivity index is 0.00000256. The van der Waals surface area contributed by atoms with E-state index in [-0.39, 0.29) is 17.0 Å². The van der Waals surface area contributed by atoms with Crippen molar-refractivity contribution in [3.8, 4) is 0 Å². The zero-order valence-electron chi connectivity index (χ0n) is 11.9. The van der Waals surface area contributed by atoms with Crippen LogP contribution in [-0.4, -0.2) is 24.0 Å². The Morgan fingerprint density at radius 1 is 0.941 bits per heavy atom.